The van der Waals surface area contributed by atoms with Gasteiger partial charge in [-0.3, -0.25) is 0 Å². The maximum atomic E-state index is 12.5. The Morgan fingerprint density at radius 2 is 1.79 bits per heavy atom. The van der Waals surface area contributed by atoms with Gasteiger partial charge in [-0.2, -0.15) is 0 Å². The van der Waals surface area contributed by atoms with Gasteiger partial charge in [0.15, 0.2) is 5.69 Å². The molecule has 0 aliphatic heterocycles. The quantitative estimate of drug-likeness (QED) is 0.440. The first-order valence-electron chi connectivity index (χ1n) is 8.12. The maximum absolute atomic E-state index is 12.5. The monoisotopic (exact) mass is 424 g/mol. The second-order valence-electron chi connectivity index (χ2n) is 5.82. The molecule has 0 atom stereocenters. The molecule has 0 radical (unpaired) electrons. The number of anilines is 1. The van der Waals surface area contributed by atoms with Gasteiger partial charge < -0.3 is 24.5 Å². The summed E-state index contributed by atoms with van der Waals surface area (Å²) in [5.41, 5.74) is 1.05. The first kappa shape index (κ1) is 20.4. The largest absolute Gasteiger partial charge is 0.573 e. The van der Waals surface area contributed by atoms with Gasteiger partial charge in [-0.05, 0) is 54.7 Å². The molecule has 2 aromatic carbocycles. The van der Waals surface area contributed by atoms with Crippen molar-refractivity contribution < 1.29 is 27.8 Å². The van der Waals surface area contributed by atoms with Crippen molar-refractivity contribution in [3.63, 3.8) is 0 Å². The predicted octanol–water partition coefficient (Wildman–Crippen LogP) is 5.27. The molecule has 11 heteroatoms. The molecular formula is C18H15F3N4O3S. The van der Waals surface area contributed by atoms with Crippen LogP contribution in [0.4, 0.5) is 24.5 Å². The minimum absolute atomic E-state index is 0.00531. The van der Waals surface area contributed by atoms with Crippen molar-refractivity contribution in [3.8, 4) is 17.4 Å². The molecule has 7 nitrogen and oxygen atoms in total. The predicted molar refractivity (Wildman–Crippen MR) is 105 cm³/mol. The summed E-state index contributed by atoms with van der Waals surface area (Å²) in [6, 6.07) is 10.5. The van der Waals surface area contributed by atoms with E-state index in [0.717, 1.165) is 12.1 Å². The van der Waals surface area contributed by atoms with E-state index < -0.39 is 12.1 Å². The number of thiocarbonyl (C=S) groups is 1. The topological polar surface area (TPSA) is 80.4 Å². The van der Waals surface area contributed by atoms with Gasteiger partial charge in [-0.15, -0.1) is 23.4 Å². The van der Waals surface area contributed by atoms with Crippen LogP contribution in [0.15, 0.2) is 52.7 Å². The fourth-order valence-corrected chi connectivity index (χ4v) is 2.76. The van der Waals surface area contributed by atoms with Crippen molar-refractivity contribution in [2.24, 2.45) is 17.3 Å². The zero-order chi connectivity index (χ0) is 21.2. The summed E-state index contributed by atoms with van der Waals surface area (Å²) in [6.07, 6.45) is -4.84. The molecular weight excluding hydrogens is 409 g/mol. The van der Waals surface area contributed by atoms with Crippen molar-refractivity contribution in [1.29, 1.82) is 0 Å². The number of aryl methyl sites for hydroxylation is 1. The van der Waals surface area contributed by atoms with Crippen molar-refractivity contribution >= 4 is 39.6 Å². The van der Waals surface area contributed by atoms with E-state index in [1.165, 1.54) is 17.7 Å². The van der Waals surface area contributed by atoms with Gasteiger partial charge >= 0.3 is 6.36 Å². The van der Waals surface area contributed by atoms with E-state index in [2.05, 4.69) is 20.3 Å². The Kier molecular flexibility index (Phi) is 5.59. The molecule has 1 aromatic heterocycles. The summed E-state index contributed by atoms with van der Waals surface area (Å²) >= 11 is 5.10. The van der Waals surface area contributed by atoms with Gasteiger partial charge in [-0.25, -0.2) is 0 Å². The molecule has 29 heavy (non-hydrogen) atoms. The first-order chi connectivity index (χ1) is 13.7. The Labute approximate surface area is 168 Å². The molecule has 0 spiro atoms. The number of alkyl halides is 3. The van der Waals surface area contributed by atoms with Crippen LogP contribution in [0.5, 0.6) is 17.4 Å². The second-order valence-corrected chi connectivity index (χ2v) is 6.20. The van der Waals surface area contributed by atoms with Crippen LogP contribution in [-0.2, 0) is 7.05 Å². The number of aromatic hydroxyl groups is 1. The van der Waals surface area contributed by atoms with E-state index in [9.17, 15) is 18.3 Å². The molecule has 2 N–H and O–H groups in total. The number of methoxy groups -OCH3 is 1. The minimum atomic E-state index is -4.84. The molecule has 0 amide bonds. The van der Waals surface area contributed by atoms with Crippen molar-refractivity contribution in [3.05, 3.63) is 42.5 Å². The van der Waals surface area contributed by atoms with Gasteiger partial charge in [0.05, 0.1) is 12.6 Å². The zero-order valence-corrected chi connectivity index (χ0v) is 16.0. The Hall–Kier alpha value is -3.34. The van der Waals surface area contributed by atoms with Crippen LogP contribution in [0.3, 0.4) is 0 Å². The third-order valence-corrected chi connectivity index (χ3v) is 4.11. The van der Waals surface area contributed by atoms with Gasteiger partial charge in [0, 0.05) is 18.1 Å². The number of halogens is 3. The summed E-state index contributed by atoms with van der Waals surface area (Å²) in [5, 5.41) is 21.1. The summed E-state index contributed by atoms with van der Waals surface area (Å²) in [4.78, 5) is 0. The van der Waals surface area contributed by atoms with E-state index in [4.69, 9.17) is 17.0 Å². The third-order valence-electron chi connectivity index (χ3n) is 3.93. The number of nitrogens with one attached hydrogen (secondary N) is 1. The summed E-state index contributed by atoms with van der Waals surface area (Å²) in [6.45, 7) is 0. The SMILES string of the molecule is COc1ccc(NC(=S)N=Nc2c(O)n(C)c3ccc(OC(F)(F)F)cc23)cc1. The smallest absolute Gasteiger partial charge is 0.497 e. The Morgan fingerprint density at radius 1 is 1.14 bits per heavy atom. The lowest BCUT2D eigenvalue weighted by molar-refractivity contribution is -0.274. The fraction of sp³-hybridized carbons (Fsp3) is 0.167. The van der Waals surface area contributed by atoms with Crippen molar-refractivity contribution in [1.82, 2.24) is 4.57 Å². The van der Waals surface area contributed by atoms with Crippen LogP contribution in [-0.4, -0.2) is 28.3 Å². The average Bonchev–Trinajstić information content (AvgIpc) is 2.89. The lowest BCUT2D eigenvalue weighted by Crippen LogP contribution is -2.16. The highest BCUT2D eigenvalue weighted by molar-refractivity contribution is 7.80. The number of benzene rings is 2. The van der Waals surface area contributed by atoms with Crippen LogP contribution < -0.4 is 14.8 Å². The molecule has 0 aliphatic rings. The molecule has 152 valence electrons. The van der Waals surface area contributed by atoms with Crippen LogP contribution in [0.1, 0.15) is 0 Å². The zero-order valence-electron chi connectivity index (χ0n) is 15.2. The number of fused-ring (bicyclic) bond motifs is 1. The van der Waals surface area contributed by atoms with E-state index in [0.29, 0.717) is 17.0 Å². The summed E-state index contributed by atoms with van der Waals surface area (Å²) in [5.74, 6) is -0.0493. The Balaban J connectivity index is 1.86. The van der Waals surface area contributed by atoms with Crippen LogP contribution in [0.25, 0.3) is 10.9 Å². The number of hydrogen-bond acceptors (Lipinski definition) is 5. The van der Waals surface area contributed by atoms with Gasteiger partial charge in [0.2, 0.25) is 11.0 Å². The summed E-state index contributed by atoms with van der Waals surface area (Å²) in [7, 11) is 3.08. The first-order valence-corrected chi connectivity index (χ1v) is 8.52. The lowest BCUT2D eigenvalue weighted by Gasteiger charge is -2.08. The van der Waals surface area contributed by atoms with Gasteiger partial charge in [0.25, 0.3) is 0 Å². The molecule has 0 aliphatic carbocycles. The van der Waals surface area contributed by atoms with E-state index in [1.807, 2.05) is 0 Å². The fourth-order valence-electron chi connectivity index (χ4n) is 2.60. The van der Waals surface area contributed by atoms with Crippen LogP contribution in [0.2, 0.25) is 0 Å². The van der Waals surface area contributed by atoms with E-state index >= 15 is 0 Å². The molecule has 3 aromatic rings. The van der Waals surface area contributed by atoms with Crippen LogP contribution in [0, 0.1) is 0 Å². The molecule has 1 heterocycles. The standard InChI is InChI=1S/C18H15F3N4O3S/c1-25-14-8-7-12(28-18(19,20)21)9-13(14)15(16(25)26)23-24-17(29)22-10-3-5-11(27-2)6-4-10/h3-9,26H,1-2H3,(H,22,29). The third kappa shape index (κ3) is 4.74. The number of ether oxygens (including phenoxy) is 2. The highest BCUT2D eigenvalue weighted by atomic mass is 32.1. The number of azo groups is 1. The minimum Gasteiger partial charge on any atom is -0.497 e. The lowest BCUT2D eigenvalue weighted by atomic mass is 10.2. The number of rotatable bonds is 4. The van der Waals surface area contributed by atoms with E-state index in [1.54, 1.807) is 31.4 Å². The normalized spacial score (nSPS) is 11.8. The average molecular weight is 424 g/mol. The number of aromatic nitrogens is 1. The highest BCUT2D eigenvalue weighted by Gasteiger charge is 2.31. The van der Waals surface area contributed by atoms with Crippen molar-refractivity contribution in [2.45, 2.75) is 6.36 Å². The molecule has 0 saturated heterocycles. The Morgan fingerprint density at radius 3 is 2.41 bits per heavy atom. The van der Waals surface area contributed by atoms with Crippen molar-refractivity contribution in [2.75, 3.05) is 12.4 Å². The van der Waals surface area contributed by atoms with Gasteiger partial charge in [-0.1, -0.05) is 0 Å². The number of hydrogen-bond donors (Lipinski definition) is 2. The Bertz CT molecular complexity index is 1080. The molecule has 0 fully saturated rings. The molecule has 0 unspecified atom stereocenters. The van der Waals surface area contributed by atoms with Gasteiger partial charge in [0.1, 0.15) is 11.5 Å². The summed E-state index contributed by atoms with van der Waals surface area (Å²) < 4.78 is 47.8. The molecule has 0 bridgehead atoms. The maximum Gasteiger partial charge on any atom is 0.573 e. The second kappa shape index (κ2) is 7.95. The molecule has 0 saturated carbocycles. The highest BCUT2D eigenvalue weighted by Crippen LogP contribution is 2.40. The molecule has 3 rings (SSSR count). The van der Waals surface area contributed by atoms with Crippen LogP contribution >= 0.6 is 12.2 Å². The van der Waals surface area contributed by atoms with E-state index in [-0.39, 0.29) is 22.1 Å². The number of nitrogens with zero attached hydrogens (tertiary/aromatic N) is 3.